The standard InChI is InChI=1S/C35H25BrClN3O5S/c1-44-29-16-20(15-27(36)33(29)45-19-23-8-3-5-12-28(23)37)17-30-34(41)39-32(22-9-6-10-24(18-22)40(42)43)26-14-13-21-7-2-4-11-25(21)31(26)38-35(39)46-30/h2-12,15-18,32H,13-14,19H2,1H3/b30-17+/t32-/m0/s1. The highest BCUT2D eigenvalue weighted by Crippen LogP contribution is 2.42. The molecule has 0 unspecified atom stereocenters. The maximum absolute atomic E-state index is 14.2. The van der Waals surface area contributed by atoms with Crippen molar-refractivity contribution in [2.75, 3.05) is 7.11 Å². The molecule has 1 aromatic heterocycles. The number of halogens is 2. The monoisotopic (exact) mass is 713 g/mol. The lowest BCUT2D eigenvalue weighted by Crippen LogP contribution is -2.38. The lowest BCUT2D eigenvalue weighted by Gasteiger charge is -2.30. The highest BCUT2D eigenvalue weighted by Gasteiger charge is 2.33. The minimum Gasteiger partial charge on any atom is -0.493 e. The number of thiazole rings is 1. The zero-order valence-electron chi connectivity index (χ0n) is 24.4. The Morgan fingerprint density at radius 1 is 1.09 bits per heavy atom. The Hall–Kier alpha value is -4.51. The van der Waals surface area contributed by atoms with Crippen LogP contribution in [0.25, 0.3) is 11.8 Å². The summed E-state index contributed by atoms with van der Waals surface area (Å²) in [6.07, 6.45) is 3.28. The third-order valence-corrected chi connectivity index (χ3v) is 10.1. The van der Waals surface area contributed by atoms with Crippen LogP contribution in [0.3, 0.4) is 0 Å². The fraction of sp³-hybridized carbons (Fsp3) is 0.143. The maximum Gasteiger partial charge on any atom is 0.271 e. The Bertz CT molecular complexity index is 2260. The van der Waals surface area contributed by atoms with Crippen molar-refractivity contribution in [3.05, 3.63) is 158 Å². The number of nitrogens with zero attached hydrogens (tertiary/aromatic N) is 3. The fourth-order valence-electron chi connectivity index (χ4n) is 6.01. The van der Waals surface area contributed by atoms with Crippen molar-refractivity contribution in [1.82, 2.24) is 4.57 Å². The second-order valence-electron chi connectivity index (χ2n) is 10.9. The van der Waals surface area contributed by atoms with Crippen molar-refractivity contribution in [3.63, 3.8) is 0 Å². The number of benzene rings is 4. The van der Waals surface area contributed by atoms with Gasteiger partial charge in [-0.3, -0.25) is 19.5 Å². The average Bonchev–Trinajstić information content (AvgIpc) is 3.37. The number of nitro groups is 1. The smallest absolute Gasteiger partial charge is 0.271 e. The molecule has 0 amide bonds. The highest BCUT2D eigenvalue weighted by molar-refractivity contribution is 9.10. The van der Waals surface area contributed by atoms with Crippen molar-refractivity contribution < 1.29 is 14.4 Å². The molecule has 230 valence electrons. The van der Waals surface area contributed by atoms with E-state index in [1.165, 1.54) is 23.0 Å². The number of methoxy groups -OCH3 is 1. The summed E-state index contributed by atoms with van der Waals surface area (Å²) in [7, 11) is 1.56. The van der Waals surface area contributed by atoms with E-state index in [9.17, 15) is 14.9 Å². The summed E-state index contributed by atoms with van der Waals surface area (Å²) < 4.78 is 14.6. The van der Waals surface area contributed by atoms with Crippen LogP contribution in [0.2, 0.25) is 5.02 Å². The number of fused-ring (bicyclic) bond motifs is 3. The number of rotatable bonds is 7. The quantitative estimate of drug-likeness (QED) is 0.131. The third-order valence-electron chi connectivity index (χ3n) is 8.15. The summed E-state index contributed by atoms with van der Waals surface area (Å²) in [5.74, 6) is 1.00. The predicted octanol–water partition coefficient (Wildman–Crippen LogP) is 7.23. The van der Waals surface area contributed by atoms with Crippen LogP contribution in [-0.4, -0.2) is 16.6 Å². The molecule has 2 aliphatic rings. The maximum atomic E-state index is 14.2. The molecule has 1 atom stereocenters. The molecule has 11 heteroatoms. The van der Waals surface area contributed by atoms with Crippen LogP contribution in [0.1, 0.15) is 40.3 Å². The molecule has 1 aliphatic heterocycles. The number of aromatic nitrogens is 1. The third kappa shape index (κ3) is 5.46. The van der Waals surface area contributed by atoms with E-state index < -0.39 is 11.0 Å². The van der Waals surface area contributed by atoms with Crippen LogP contribution >= 0.6 is 38.9 Å². The van der Waals surface area contributed by atoms with E-state index in [1.807, 2.05) is 60.7 Å². The van der Waals surface area contributed by atoms with E-state index in [4.69, 9.17) is 26.1 Å². The number of allylic oxidation sites excluding steroid dienone is 1. The van der Waals surface area contributed by atoms with Gasteiger partial charge in [0.1, 0.15) is 6.61 Å². The van der Waals surface area contributed by atoms with Gasteiger partial charge in [0.25, 0.3) is 11.2 Å². The average molecular weight is 715 g/mol. The van der Waals surface area contributed by atoms with E-state index in [-0.39, 0.29) is 17.9 Å². The summed E-state index contributed by atoms with van der Waals surface area (Å²) in [5, 5.41) is 12.3. The Morgan fingerprint density at radius 3 is 2.70 bits per heavy atom. The van der Waals surface area contributed by atoms with Crippen molar-refractivity contribution in [2.45, 2.75) is 25.5 Å². The van der Waals surface area contributed by atoms with Gasteiger partial charge in [-0.1, -0.05) is 77.5 Å². The number of non-ortho nitro benzene ring substituents is 1. The molecular formula is C35H25BrClN3O5S. The van der Waals surface area contributed by atoms with Crippen molar-refractivity contribution in [1.29, 1.82) is 0 Å². The van der Waals surface area contributed by atoms with Gasteiger partial charge < -0.3 is 9.47 Å². The van der Waals surface area contributed by atoms with E-state index in [2.05, 4.69) is 22.0 Å². The largest absolute Gasteiger partial charge is 0.493 e. The van der Waals surface area contributed by atoms with Gasteiger partial charge in [0.15, 0.2) is 16.3 Å². The molecule has 0 bridgehead atoms. The Morgan fingerprint density at radius 2 is 1.89 bits per heavy atom. The van der Waals surface area contributed by atoms with Gasteiger partial charge in [0.05, 0.1) is 32.8 Å². The van der Waals surface area contributed by atoms with Crippen LogP contribution < -0.4 is 24.4 Å². The first-order chi connectivity index (χ1) is 22.3. The molecule has 4 aromatic carbocycles. The van der Waals surface area contributed by atoms with Gasteiger partial charge in [0, 0.05) is 28.3 Å². The molecule has 0 radical (unpaired) electrons. The summed E-state index contributed by atoms with van der Waals surface area (Å²) in [6.45, 7) is 0.248. The van der Waals surface area contributed by atoms with E-state index in [0.717, 1.165) is 34.4 Å². The molecule has 0 fully saturated rings. The molecular weight excluding hydrogens is 690 g/mol. The number of aryl methyl sites for hydroxylation is 1. The van der Waals surface area contributed by atoms with Crippen LogP contribution in [0.5, 0.6) is 11.5 Å². The van der Waals surface area contributed by atoms with Crippen molar-refractivity contribution >= 4 is 56.3 Å². The molecule has 46 heavy (non-hydrogen) atoms. The fourth-order valence-corrected chi connectivity index (χ4v) is 7.78. The van der Waals surface area contributed by atoms with Crippen LogP contribution in [0.4, 0.5) is 5.69 Å². The number of hydrogen-bond acceptors (Lipinski definition) is 7. The Kier molecular flexibility index (Phi) is 8.10. The lowest BCUT2D eigenvalue weighted by molar-refractivity contribution is -0.384. The van der Waals surface area contributed by atoms with Crippen LogP contribution in [0.15, 0.2) is 105 Å². The molecule has 8 nitrogen and oxygen atoms in total. The predicted molar refractivity (Wildman–Crippen MR) is 182 cm³/mol. The zero-order valence-corrected chi connectivity index (χ0v) is 27.6. The van der Waals surface area contributed by atoms with Gasteiger partial charge in [-0.15, -0.1) is 0 Å². The number of hydrogen-bond donors (Lipinski definition) is 0. The molecule has 0 spiro atoms. The topological polar surface area (TPSA) is 96.0 Å². The van der Waals surface area contributed by atoms with Crippen molar-refractivity contribution in [3.8, 4) is 11.5 Å². The first-order valence-corrected chi connectivity index (χ1v) is 16.4. The number of nitro benzene ring substituents is 1. The van der Waals surface area contributed by atoms with E-state index in [1.54, 1.807) is 29.9 Å². The van der Waals surface area contributed by atoms with Crippen LogP contribution in [-0.2, 0) is 13.0 Å². The minimum absolute atomic E-state index is 0.0243. The van der Waals surface area contributed by atoms with E-state index >= 15 is 0 Å². The van der Waals surface area contributed by atoms with Gasteiger partial charge in [-0.05, 0) is 75.3 Å². The number of ether oxygens (including phenoxy) is 2. The molecule has 0 N–H and O–H groups in total. The second kappa shape index (κ2) is 12.4. The lowest BCUT2D eigenvalue weighted by atomic mass is 9.83. The molecule has 5 aromatic rings. The minimum atomic E-state index is -0.525. The van der Waals surface area contributed by atoms with Gasteiger partial charge >= 0.3 is 0 Å². The first kappa shape index (κ1) is 30.2. The first-order valence-electron chi connectivity index (χ1n) is 14.4. The van der Waals surface area contributed by atoms with Gasteiger partial charge in [-0.25, -0.2) is 4.99 Å². The molecule has 2 heterocycles. The highest BCUT2D eigenvalue weighted by atomic mass is 79.9. The normalized spacial score (nSPS) is 15.5. The van der Waals surface area contributed by atoms with Crippen molar-refractivity contribution in [2.24, 2.45) is 4.99 Å². The summed E-state index contributed by atoms with van der Waals surface area (Å²) in [5.41, 5.74) is 6.01. The molecule has 0 saturated heterocycles. The van der Waals surface area contributed by atoms with Gasteiger partial charge in [0.2, 0.25) is 0 Å². The summed E-state index contributed by atoms with van der Waals surface area (Å²) in [6, 6.07) is 25.3. The summed E-state index contributed by atoms with van der Waals surface area (Å²) in [4.78, 5) is 31.1. The molecule has 7 rings (SSSR count). The van der Waals surface area contributed by atoms with E-state index in [0.29, 0.717) is 42.3 Å². The molecule has 0 saturated carbocycles. The summed E-state index contributed by atoms with van der Waals surface area (Å²) >= 11 is 11.2. The Balaban J connectivity index is 1.35. The van der Waals surface area contributed by atoms with Crippen LogP contribution in [0, 0.1) is 10.1 Å². The Labute approximate surface area is 280 Å². The second-order valence-corrected chi connectivity index (χ2v) is 13.2. The zero-order chi connectivity index (χ0) is 31.9. The SMILES string of the molecule is COc1cc(/C=c2/sc3n(c2=O)[C@@H](c2cccc([N+](=O)[O-])c2)C2=C(N=3)c3ccccc3CC2)cc(Br)c1OCc1ccccc1Cl. The van der Waals surface area contributed by atoms with Gasteiger partial charge in [-0.2, -0.15) is 0 Å². The molecule has 1 aliphatic carbocycles.